The van der Waals surface area contributed by atoms with Crippen molar-refractivity contribution in [2.24, 2.45) is 5.92 Å². The number of amides is 3. The summed E-state index contributed by atoms with van der Waals surface area (Å²) in [5, 5.41) is 106. The normalized spacial score (nSPS) is 34.3. The van der Waals surface area contributed by atoms with Gasteiger partial charge in [0.2, 0.25) is 0 Å². The van der Waals surface area contributed by atoms with Gasteiger partial charge in [0.15, 0.2) is 30.4 Å². The molecule has 3 heterocycles. The van der Waals surface area contributed by atoms with Crippen molar-refractivity contribution < 1.29 is 74.9 Å². The fourth-order valence-electron chi connectivity index (χ4n) is 6.21. The van der Waals surface area contributed by atoms with Crippen LogP contribution in [0.3, 0.4) is 0 Å². The van der Waals surface area contributed by atoms with Gasteiger partial charge in [0.1, 0.15) is 36.6 Å². The maximum absolute atomic E-state index is 14.1. The highest BCUT2D eigenvalue weighted by atomic mass is 16.6. The van der Waals surface area contributed by atoms with E-state index in [1.165, 1.54) is 35.2 Å². The zero-order chi connectivity index (χ0) is 37.4. The predicted molar refractivity (Wildman–Crippen MR) is 173 cm³/mol. The Bertz CT molecular complexity index is 1640. The molecule has 0 saturated carbocycles. The van der Waals surface area contributed by atoms with E-state index >= 15 is 0 Å². The van der Waals surface area contributed by atoms with Crippen LogP contribution in [0, 0.1) is 5.92 Å². The van der Waals surface area contributed by atoms with E-state index < -0.39 is 90.7 Å². The first kappa shape index (κ1) is 38.3. The standard InChI is InChI=1S/C33H41N3O15/c1-14(5-2-3-10-37)33(49)18-12-17(35-29(45)27-23(41)21(39)25(43)31(47)51-27)8-9-19(18)36(32(33)48)13-15-6-4-7-16(11-15)34-28(44)26-22(40)20(38)24(42)30(46)50-26/h2,4-9,11-12,14,20-27,30-31,37-43,46-47,49H,3,10,13H2,1H3,(H,34,44)(H,35,45)/b5-2+/t14-,20-,21-,22-,23-,24+,25+,26-,27-,30+,31+,33+/m0/s1. The molecule has 3 aliphatic rings. The first-order chi connectivity index (χ1) is 24.1. The van der Waals surface area contributed by atoms with Gasteiger partial charge in [0, 0.05) is 29.5 Å². The van der Waals surface area contributed by atoms with E-state index in [1.54, 1.807) is 31.2 Å². The van der Waals surface area contributed by atoms with E-state index in [0.29, 0.717) is 5.56 Å². The molecule has 3 amide bonds. The summed E-state index contributed by atoms with van der Waals surface area (Å²) in [5.41, 5.74) is -1.17. The number of nitrogens with zero attached hydrogens (tertiary/aromatic N) is 1. The molecule has 18 heteroatoms. The lowest BCUT2D eigenvalue weighted by Gasteiger charge is -2.37. The molecule has 0 aromatic heterocycles. The van der Waals surface area contributed by atoms with Crippen LogP contribution in [-0.4, -0.2) is 137 Å². The number of aliphatic hydroxyl groups is 10. The van der Waals surface area contributed by atoms with Crippen molar-refractivity contribution in [1.29, 1.82) is 0 Å². The number of fused-ring (bicyclic) bond motifs is 1. The van der Waals surface area contributed by atoms with Crippen LogP contribution in [0.2, 0.25) is 0 Å². The lowest BCUT2D eigenvalue weighted by Crippen LogP contribution is -2.60. The number of benzene rings is 2. The van der Waals surface area contributed by atoms with Crippen molar-refractivity contribution in [3.63, 3.8) is 0 Å². The first-order valence-electron chi connectivity index (χ1n) is 16.0. The minimum Gasteiger partial charge on any atom is -0.396 e. The molecular formula is C33H41N3O15. The van der Waals surface area contributed by atoms with Crippen LogP contribution in [0.15, 0.2) is 54.6 Å². The maximum Gasteiger partial charge on any atom is 0.264 e. The fraction of sp³-hybridized carbons (Fsp3) is 0.485. The predicted octanol–water partition coefficient (Wildman–Crippen LogP) is -3.53. The highest BCUT2D eigenvalue weighted by Crippen LogP contribution is 2.47. The third kappa shape index (κ3) is 7.40. The average molecular weight is 720 g/mol. The van der Waals surface area contributed by atoms with Gasteiger partial charge in [0.05, 0.1) is 12.2 Å². The number of ether oxygens (including phenoxy) is 2. The van der Waals surface area contributed by atoms with Gasteiger partial charge in [-0.25, -0.2) is 0 Å². The fourth-order valence-corrected chi connectivity index (χ4v) is 6.21. The second-order valence-electron chi connectivity index (χ2n) is 12.6. The number of carbonyl (C=O) groups excluding carboxylic acids is 3. The molecule has 0 radical (unpaired) electrons. The largest absolute Gasteiger partial charge is 0.396 e. The van der Waals surface area contributed by atoms with E-state index in [2.05, 4.69) is 10.6 Å². The van der Waals surface area contributed by atoms with E-state index in [4.69, 9.17) is 9.47 Å². The van der Waals surface area contributed by atoms with Crippen LogP contribution in [0.4, 0.5) is 17.1 Å². The molecule has 278 valence electrons. The zero-order valence-corrected chi connectivity index (χ0v) is 27.1. The first-order valence-corrected chi connectivity index (χ1v) is 16.0. The Morgan fingerprint density at radius 1 is 0.824 bits per heavy atom. The number of aliphatic hydroxyl groups excluding tert-OH is 9. The van der Waals surface area contributed by atoms with Crippen molar-refractivity contribution in [2.75, 3.05) is 22.1 Å². The molecule has 51 heavy (non-hydrogen) atoms. The second kappa shape index (κ2) is 15.4. The van der Waals surface area contributed by atoms with Gasteiger partial charge in [-0.1, -0.05) is 31.2 Å². The van der Waals surface area contributed by atoms with Crippen molar-refractivity contribution in [2.45, 2.75) is 86.9 Å². The van der Waals surface area contributed by atoms with Crippen LogP contribution in [0.5, 0.6) is 0 Å². The van der Waals surface area contributed by atoms with Crippen molar-refractivity contribution in [3.05, 3.63) is 65.7 Å². The minimum atomic E-state index is -2.19. The molecule has 0 bridgehead atoms. The van der Waals surface area contributed by atoms with Crippen molar-refractivity contribution in [3.8, 4) is 0 Å². The quantitative estimate of drug-likeness (QED) is 0.106. The number of carbonyl (C=O) groups is 3. The number of hydrogen-bond donors (Lipinski definition) is 12. The molecule has 18 nitrogen and oxygen atoms in total. The third-order valence-corrected chi connectivity index (χ3v) is 9.14. The summed E-state index contributed by atoms with van der Waals surface area (Å²) in [6.45, 7) is 1.27. The summed E-state index contributed by atoms with van der Waals surface area (Å²) in [7, 11) is 0. The summed E-state index contributed by atoms with van der Waals surface area (Å²) in [6.07, 6.45) is -15.2. The van der Waals surface area contributed by atoms with E-state index in [0.717, 1.165) is 0 Å². The summed E-state index contributed by atoms with van der Waals surface area (Å²) < 4.78 is 9.97. The van der Waals surface area contributed by atoms with Gasteiger partial charge >= 0.3 is 0 Å². The van der Waals surface area contributed by atoms with Crippen LogP contribution >= 0.6 is 0 Å². The highest BCUT2D eigenvalue weighted by molar-refractivity contribution is 6.08. The molecule has 2 saturated heterocycles. The molecule has 0 spiro atoms. The number of rotatable bonds is 10. The van der Waals surface area contributed by atoms with Crippen LogP contribution in [0.1, 0.15) is 24.5 Å². The molecule has 0 unspecified atom stereocenters. The smallest absolute Gasteiger partial charge is 0.264 e. The molecule has 2 fully saturated rings. The van der Waals surface area contributed by atoms with Gasteiger partial charge in [-0.2, -0.15) is 0 Å². The van der Waals surface area contributed by atoms with Crippen molar-refractivity contribution in [1.82, 2.24) is 0 Å². The Kier molecular flexibility index (Phi) is 11.6. The number of nitrogens with one attached hydrogen (secondary N) is 2. The summed E-state index contributed by atoms with van der Waals surface area (Å²) in [4.78, 5) is 41.3. The molecule has 0 aliphatic carbocycles. The Hall–Kier alpha value is -3.89. The monoisotopic (exact) mass is 719 g/mol. The number of anilines is 3. The maximum atomic E-state index is 14.1. The van der Waals surface area contributed by atoms with Gasteiger partial charge in [-0.3, -0.25) is 14.4 Å². The van der Waals surface area contributed by atoms with Gasteiger partial charge in [0.25, 0.3) is 17.7 Å². The Morgan fingerprint density at radius 2 is 1.37 bits per heavy atom. The van der Waals surface area contributed by atoms with Gasteiger partial charge in [-0.15, -0.1) is 0 Å². The molecule has 5 rings (SSSR count). The van der Waals surface area contributed by atoms with E-state index in [-0.39, 0.29) is 42.2 Å². The van der Waals surface area contributed by atoms with Crippen LogP contribution in [-0.2, 0) is 36.0 Å². The molecule has 12 N–H and O–H groups in total. The number of hydrogen-bond acceptors (Lipinski definition) is 15. The Morgan fingerprint density at radius 3 is 1.92 bits per heavy atom. The summed E-state index contributed by atoms with van der Waals surface area (Å²) in [6, 6.07) is 10.4. The zero-order valence-electron chi connectivity index (χ0n) is 27.1. The average Bonchev–Trinajstić information content (AvgIpc) is 3.31. The van der Waals surface area contributed by atoms with Gasteiger partial charge < -0.3 is 76.1 Å². The van der Waals surface area contributed by atoms with E-state index in [9.17, 15) is 65.4 Å². The molecule has 2 aromatic carbocycles. The molecule has 12 atom stereocenters. The molecule has 3 aliphatic heterocycles. The lowest BCUT2D eigenvalue weighted by atomic mass is 9.82. The minimum absolute atomic E-state index is 0.0452. The van der Waals surface area contributed by atoms with Crippen LogP contribution in [0.25, 0.3) is 0 Å². The lowest BCUT2D eigenvalue weighted by molar-refractivity contribution is -0.274. The van der Waals surface area contributed by atoms with Crippen LogP contribution < -0.4 is 15.5 Å². The molecular weight excluding hydrogens is 678 g/mol. The highest BCUT2D eigenvalue weighted by Gasteiger charge is 2.53. The summed E-state index contributed by atoms with van der Waals surface area (Å²) >= 11 is 0. The summed E-state index contributed by atoms with van der Waals surface area (Å²) in [5.74, 6) is -3.55. The third-order valence-electron chi connectivity index (χ3n) is 9.14. The second-order valence-corrected chi connectivity index (χ2v) is 12.6. The van der Waals surface area contributed by atoms with Crippen molar-refractivity contribution >= 4 is 34.8 Å². The topological polar surface area (TPSA) is 299 Å². The Balaban J connectivity index is 1.40. The van der Waals surface area contributed by atoms with Gasteiger partial charge in [-0.05, 0) is 42.3 Å². The Labute approximate surface area is 290 Å². The SMILES string of the molecule is C[C@@H](/C=C/CCO)[C@]1(O)C(=O)N(Cc2cccc(NC(=O)[C@H]3O[C@@H](O)[C@H](O)[C@@H](O)[C@@H]3O)c2)c2ccc(NC(=O)[C@H]3O[C@@H](O)[C@H](O)[C@@H](O)[C@@H]3O)cc21. The molecule has 2 aromatic rings. The van der Waals surface area contributed by atoms with E-state index in [1.807, 2.05) is 0 Å².